The molecular weight excluding hydrogens is 417 g/mol. The van der Waals surface area contributed by atoms with Crippen molar-refractivity contribution in [3.05, 3.63) is 35.4 Å². The Morgan fingerprint density at radius 3 is 2.47 bits per heavy atom. The summed E-state index contributed by atoms with van der Waals surface area (Å²) in [4.78, 5) is 12.5. The molecule has 2 atom stereocenters. The molecule has 2 aliphatic carbocycles. The van der Waals surface area contributed by atoms with Gasteiger partial charge in [-0.05, 0) is 54.2 Å². The highest BCUT2D eigenvalue weighted by molar-refractivity contribution is 7.89. The minimum Gasteiger partial charge on any atom is -0.351 e. The van der Waals surface area contributed by atoms with Crippen LogP contribution in [-0.2, 0) is 16.2 Å². The van der Waals surface area contributed by atoms with Gasteiger partial charge in [-0.2, -0.15) is 13.2 Å². The first-order chi connectivity index (χ1) is 14.1. The van der Waals surface area contributed by atoms with Crippen molar-refractivity contribution in [2.45, 2.75) is 38.8 Å². The molecular formula is C21H27F3N2O3S. The van der Waals surface area contributed by atoms with Crippen molar-refractivity contribution >= 4 is 15.9 Å². The molecule has 9 heteroatoms. The van der Waals surface area contributed by atoms with Crippen LogP contribution in [0.1, 0.15) is 48.5 Å². The quantitative estimate of drug-likeness (QED) is 0.667. The van der Waals surface area contributed by atoms with E-state index < -0.39 is 27.7 Å². The van der Waals surface area contributed by atoms with Crippen molar-refractivity contribution in [2.75, 3.05) is 25.4 Å². The first kappa shape index (κ1) is 21.6. The topological polar surface area (TPSA) is 66.5 Å². The van der Waals surface area contributed by atoms with Gasteiger partial charge in [0.25, 0.3) is 5.91 Å². The molecule has 1 aromatic rings. The van der Waals surface area contributed by atoms with E-state index in [0.717, 1.165) is 31.4 Å². The molecule has 3 aliphatic rings. The smallest absolute Gasteiger partial charge is 0.351 e. The Hall–Kier alpha value is -1.61. The van der Waals surface area contributed by atoms with Gasteiger partial charge in [-0.3, -0.25) is 4.79 Å². The second-order valence-corrected chi connectivity index (χ2v) is 11.1. The molecule has 0 spiro atoms. The van der Waals surface area contributed by atoms with Gasteiger partial charge in [-0.15, -0.1) is 0 Å². The molecule has 4 rings (SSSR count). The summed E-state index contributed by atoms with van der Waals surface area (Å²) in [6.07, 6.45) is -0.660. The molecule has 30 heavy (non-hydrogen) atoms. The first-order valence-electron chi connectivity index (χ1n) is 10.5. The molecule has 166 valence electrons. The molecule has 1 heterocycles. The summed E-state index contributed by atoms with van der Waals surface area (Å²) in [6.45, 7) is 3.20. The monoisotopic (exact) mass is 444 g/mol. The fraction of sp³-hybridized carbons (Fsp3) is 0.667. The van der Waals surface area contributed by atoms with Crippen LogP contribution in [0.15, 0.2) is 24.3 Å². The number of alkyl halides is 3. The average Bonchev–Trinajstić information content (AvgIpc) is 3.54. The number of rotatable bonds is 8. The predicted molar refractivity (Wildman–Crippen MR) is 106 cm³/mol. The van der Waals surface area contributed by atoms with E-state index in [9.17, 15) is 26.4 Å². The Morgan fingerprint density at radius 1 is 1.23 bits per heavy atom. The number of carbonyl (C=O) groups is 1. The summed E-state index contributed by atoms with van der Waals surface area (Å²) in [5, 5.41) is 2.85. The third kappa shape index (κ3) is 4.10. The Labute approximate surface area is 175 Å². The van der Waals surface area contributed by atoms with Crippen LogP contribution in [0.5, 0.6) is 0 Å². The lowest BCUT2D eigenvalue weighted by molar-refractivity contribution is -0.137. The summed E-state index contributed by atoms with van der Waals surface area (Å²) < 4.78 is 65.1. The van der Waals surface area contributed by atoms with Gasteiger partial charge in [0.2, 0.25) is 10.0 Å². The highest BCUT2D eigenvalue weighted by atomic mass is 32.2. The molecule has 5 nitrogen and oxygen atoms in total. The summed E-state index contributed by atoms with van der Waals surface area (Å²) in [5.74, 6) is 0.672. The van der Waals surface area contributed by atoms with Crippen molar-refractivity contribution in [3.63, 3.8) is 0 Å². The van der Waals surface area contributed by atoms with Gasteiger partial charge in [0, 0.05) is 25.2 Å². The van der Waals surface area contributed by atoms with E-state index in [-0.39, 0.29) is 28.6 Å². The van der Waals surface area contributed by atoms with Crippen molar-refractivity contribution in [1.29, 1.82) is 0 Å². The van der Waals surface area contributed by atoms with Gasteiger partial charge in [0.15, 0.2) is 0 Å². The number of carbonyl (C=O) groups excluding carboxylic acids is 1. The SMILES string of the molecule is CCCS(=O)(=O)N1CC2C(C1)C2(CNC(=O)c1cccc(C(F)(F)F)c1)CC1CC1. The Bertz CT molecular complexity index is 916. The Kier molecular flexibility index (Phi) is 5.41. The molecule has 1 aliphatic heterocycles. The highest BCUT2D eigenvalue weighted by Gasteiger charge is 2.69. The molecule has 1 saturated heterocycles. The molecule has 1 aromatic carbocycles. The van der Waals surface area contributed by atoms with Crippen LogP contribution in [0.25, 0.3) is 0 Å². The lowest BCUT2D eigenvalue weighted by atomic mass is 9.92. The number of nitrogens with one attached hydrogen (secondary N) is 1. The largest absolute Gasteiger partial charge is 0.416 e. The third-order valence-electron chi connectivity index (χ3n) is 6.91. The van der Waals surface area contributed by atoms with Crippen LogP contribution in [0.3, 0.4) is 0 Å². The number of hydrogen-bond acceptors (Lipinski definition) is 3. The van der Waals surface area contributed by atoms with Gasteiger partial charge in [-0.25, -0.2) is 12.7 Å². The summed E-state index contributed by atoms with van der Waals surface area (Å²) in [6, 6.07) is 4.43. The van der Waals surface area contributed by atoms with Crippen LogP contribution in [0.2, 0.25) is 0 Å². The highest BCUT2D eigenvalue weighted by Crippen LogP contribution is 2.67. The fourth-order valence-corrected chi connectivity index (χ4v) is 6.65. The number of hydrogen-bond donors (Lipinski definition) is 1. The maximum Gasteiger partial charge on any atom is 0.416 e. The fourth-order valence-electron chi connectivity index (χ4n) is 5.10. The maximum atomic E-state index is 12.9. The van der Waals surface area contributed by atoms with E-state index in [1.807, 2.05) is 6.92 Å². The number of amides is 1. The molecule has 3 fully saturated rings. The van der Waals surface area contributed by atoms with Crippen molar-refractivity contribution in [3.8, 4) is 0 Å². The zero-order valence-electron chi connectivity index (χ0n) is 16.9. The van der Waals surface area contributed by atoms with Gasteiger partial charge in [0.1, 0.15) is 0 Å². The minimum absolute atomic E-state index is 0.00986. The zero-order valence-corrected chi connectivity index (χ0v) is 17.7. The average molecular weight is 445 g/mol. The molecule has 2 unspecified atom stereocenters. The normalized spacial score (nSPS) is 28.9. The predicted octanol–water partition coefficient (Wildman–Crippen LogP) is 3.52. The number of halogens is 3. The number of piperidine rings is 1. The summed E-state index contributed by atoms with van der Waals surface area (Å²) >= 11 is 0. The van der Waals surface area contributed by atoms with Gasteiger partial charge < -0.3 is 5.32 Å². The van der Waals surface area contributed by atoms with Crippen LogP contribution in [-0.4, -0.2) is 44.0 Å². The van der Waals surface area contributed by atoms with E-state index in [2.05, 4.69) is 5.32 Å². The number of nitrogens with zero attached hydrogens (tertiary/aromatic N) is 1. The molecule has 0 bridgehead atoms. The van der Waals surface area contributed by atoms with E-state index in [0.29, 0.717) is 32.0 Å². The van der Waals surface area contributed by atoms with Crippen LogP contribution < -0.4 is 5.32 Å². The Morgan fingerprint density at radius 2 is 1.90 bits per heavy atom. The minimum atomic E-state index is -4.50. The first-order valence-corrected chi connectivity index (χ1v) is 12.1. The van der Waals surface area contributed by atoms with Crippen molar-refractivity contribution in [1.82, 2.24) is 9.62 Å². The standard InChI is InChI=1S/C21H27F3N2O3S/c1-2-8-30(28,29)26-11-17-18(12-26)20(17,10-14-6-7-14)13-25-19(27)15-4-3-5-16(9-15)21(22,23)24/h3-5,9,14,17-18H,2,6-8,10-13H2,1H3,(H,25,27). The maximum absolute atomic E-state index is 12.9. The van der Waals surface area contributed by atoms with Crippen molar-refractivity contribution < 1.29 is 26.4 Å². The lowest BCUT2D eigenvalue weighted by Crippen LogP contribution is -2.40. The van der Waals surface area contributed by atoms with Crippen LogP contribution in [0, 0.1) is 23.2 Å². The second kappa shape index (κ2) is 7.51. The van der Waals surface area contributed by atoms with Crippen LogP contribution in [0.4, 0.5) is 13.2 Å². The van der Waals surface area contributed by atoms with Gasteiger partial charge in [0.05, 0.1) is 11.3 Å². The van der Waals surface area contributed by atoms with E-state index in [1.54, 1.807) is 4.31 Å². The molecule has 2 saturated carbocycles. The van der Waals surface area contributed by atoms with Gasteiger partial charge in [-0.1, -0.05) is 25.8 Å². The number of benzene rings is 1. The van der Waals surface area contributed by atoms with Crippen LogP contribution >= 0.6 is 0 Å². The number of sulfonamides is 1. The van der Waals surface area contributed by atoms with E-state index in [4.69, 9.17) is 0 Å². The third-order valence-corrected chi connectivity index (χ3v) is 8.91. The molecule has 1 N–H and O–H groups in total. The molecule has 0 aromatic heterocycles. The van der Waals surface area contributed by atoms with Gasteiger partial charge >= 0.3 is 6.18 Å². The molecule has 0 radical (unpaired) electrons. The lowest BCUT2D eigenvalue weighted by Gasteiger charge is -2.27. The van der Waals surface area contributed by atoms with E-state index >= 15 is 0 Å². The second-order valence-electron chi connectivity index (χ2n) is 8.99. The Balaban J connectivity index is 1.42. The summed E-state index contributed by atoms with van der Waals surface area (Å²) in [5.41, 5.74) is -0.983. The molecule has 1 amide bonds. The van der Waals surface area contributed by atoms with Crippen molar-refractivity contribution in [2.24, 2.45) is 23.2 Å². The summed E-state index contributed by atoms with van der Waals surface area (Å²) in [7, 11) is -3.23. The van der Waals surface area contributed by atoms with E-state index in [1.165, 1.54) is 12.1 Å². The zero-order chi connectivity index (χ0) is 21.7. The number of fused-ring (bicyclic) bond motifs is 1.